The Labute approximate surface area is 81.5 Å². The third kappa shape index (κ3) is 1.30. The van der Waals surface area contributed by atoms with Gasteiger partial charge in [0, 0.05) is 17.3 Å². The summed E-state index contributed by atoms with van der Waals surface area (Å²) in [5.74, 6) is 0. The molecule has 3 heteroatoms. The van der Waals surface area contributed by atoms with Crippen molar-refractivity contribution >= 4 is 10.8 Å². The number of hydrogen-bond acceptors (Lipinski definition) is 2. The fraction of sp³-hybridized carbons (Fsp3) is 0.273. The average Bonchev–Trinajstić information content (AvgIpc) is 2.66. The molecule has 0 aliphatic rings. The summed E-state index contributed by atoms with van der Waals surface area (Å²) in [4.78, 5) is 0. The van der Waals surface area contributed by atoms with Gasteiger partial charge in [0.15, 0.2) is 0 Å². The smallest absolute Gasteiger partial charge is 0.138 e. The molecule has 2 rings (SSSR count). The lowest BCUT2D eigenvalue weighted by Gasteiger charge is -2.09. The number of furan rings is 1. The van der Waals surface area contributed by atoms with Gasteiger partial charge in [-0.1, -0.05) is 12.1 Å². The van der Waals surface area contributed by atoms with E-state index in [0.717, 1.165) is 16.3 Å². The van der Waals surface area contributed by atoms with Gasteiger partial charge < -0.3 is 10.2 Å². The van der Waals surface area contributed by atoms with Crippen molar-refractivity contribution < 1.29 is 8.81 Å². The molecule has 0 saturated carbocycles. The van der Waals surface area contributed by atoms with Crippen LogP contribution in [0, 0.1) is 6.92 Å². The van der Waals surface area contributed by atoms with Gasteiger partial charge in [-0.3, -0.25) is 0 Å². The Morgan fingerprint density at radius 2 is 2.21 bits per heavy atom. The van der Waals surface area contributed by atoms with Crippen molar-refractivity contribution in [1.29, 1.82) is 0 Å². The number of hydrogen-bond donors (Lipinski definition) is 1. The molecule has 1 unspecified atom stereocenters. The van der Waals surface area contributed by atoms with Gasteiger partial charge in [0.05, 0.1) is 12.5 Å². The van der Waals surface area contributed by atoms with Crippen LogP contribution in [-0.2, 0) is 0 Å². The molecule has 0 aliphatic heterocycles. The Balaban J connectivity index is 2.61. The first-order valence-corrected chi connectivity index (χ1v) is 4.53. The first-order valence-electron chi connectivity index (χ1n) is 4.53. The average molecular weight is 193 g/mol. The summed E-state index contributed by atoms with van der Waals surface area (Å²) >= 11 is 0. The highest BCUT2D eigenvalue weighted by molar-refractivity contribution is 5.85. The Morgan fingerprint density at radius 1 is 1.43 bits per heavy atom. The Kier molecular flexibility index (Phi) is 2.25. The van der Waals surface area contributed by atoms with Gasteiger partial charge in [-0.25, -0.2) is 4.39 Å². The maximum absolute atomic E-state index is 13.4. The van der Waals surface area contributed by atoms with Crippen LogP contribution in [0.5, 0.6) is 0 Å². The molecule has 0 fully saturated rings. The van der Waals surface area contributed by atoms with Gasteiger partial charge in [0.2, 0.25) is 0 Å². The van der Waals surface area contributed by atoms with Crippen molar-refractivity contribution in [2.24, 2.45) is 5.73 Å². The van der Waals surface area contributed by atoms with Crippen LogP contribution in [0.4, 0.5) is 4.39 Å². The van der Waals surface area contributed by atoms with Crippen molar-refractivity contribution in [3.63, 3.8) is 0 Å². The summed E-state index contributed by atoms with van der Waals surface area (Å²) < 4.78 is 18.5. The highest BCUT2D eigenvalue weighted by atomic mass is 19.1. The van der Waals surface area contributed by atoms with E-state index in [-0.39, 0.29) is 6.54 Å². The van der Waals surface area contributed by atoms with Gasteiger partial charge in [-0.05, 0) is 18.1 Å². The van der Waals surface area contributed by atoms with E-state index in [1.165, 1.54) is 0 Å². The lowest BCUT2D eigenvalue weighted by Crippen LogP contribution is -2.08. The molecule has 0 bridgehead atoms. The molecule has 1 atom stereocenters. The lowest BCUT2D eigenvalue weighted by atomic mass is 10.00. The van der Waals surface area contributed by atoms with Crippen molar-refractivity contribution in [2.75, 3.05) is 6.54 Å². The number of alkyl halides is 1. The zero-order valence-electron chi connectivity index (χ0n) is 7.96. The molecule has 74 valence electrons. The van der Waals surface area contributed by atoms with Crippen LogP contribution in [-0.4, -0.2) is 6.54 Å². The lowest BCUT2D eigenvalue weighted by molar-refractivity contribution is 0.352. The van der Waals surface area contributed by atoms with Crippen molar-refractivity contribution in [1.82, 2.24) is 0 Å². The molecule has 2 N–H and O–H groups in total. The van der Waals surface area contributed by atoms with Crippen molar-refractivity contribution in [3.8, 4) is 0 Å². The van der Waals surface area contributed by atoms with E-state index in [4.69, 9.17) is 10.2 Å². The molecule has 0 aliphatic carbocycles. The second-order valence-corrected chi connectivity index (χ2v) is 3.36. The highest BCUT2D eigenvalue weighted by Crippen LogP contribution is 2.27. The monoisotopic (exact) mass is 193 g/mol. The Hall–Kier alpha value is -1.35. The summed E-state index contributed by atoms with van der Waals surface area (Å²) in [5, 5.41) is 1.95. The number of benzene rings is 1. The number of fused-ring (bicyclic) bond motifs is 1. The number of aryl methyl sites for hydroxylation is 1. The summed E-state index contributed by atoms with van der Waals surface area (Å²) in [7, 11) is 0. The van der Waals surface area contributed by atoms with E-state index in [1.807, 2.05) is 13.0 Å². The molecule has 1 aromatic carbocycles. The number of rotatable bonds is 2. The minimum atomic E-state index is -1.09. The molecular weight excluding hydrogens is 181 g/mol. The van der Waals surface area contributed by atoms with Gasteiger partial charge in [-0.15, -0.1) is 0 Å². The number of nitrogens with two attached hydrogens (primary N) is 1. The largest absolute Gasteiger partial charge is 0.471 e. The highest BCUT2D eigenvalue weighted by Gasteiger charge is 2.12. The normalized spacial score (nSPS) is 13.4. The zero-order valence-corrected chi connectivity index (χ0v) is 7.96. The summed E-state index contributed by atoms with van der Waals surface area (Å²) in [6.07, 6.45) is 2.20. The predicted octanol–water partition coefficient (Wildman–Crippen LogP) is 2.71. The molecule has 14 heavy (non-hydrogen) atoms. The van der Waals surface area contributed by atoms with Gasteiger partial charge in [0.25, 0.3) is 0 Å². The minimum Gasteiger partial charge on any atom is -0.471 e. The molecule has 1 aromatic heterocycles. The second-order valence-electron chi connectivity index (χ2n) is 3.36. The van der Waals surface area contributed by atoms with Crippen LogP contribution in [0.3, 0.4) is 0 Å². The van der Waals surface area contributed by atoms with Crippen LogP contribution >= 0.6 is 0 Å². The third-order valence-corrected chi connectivity index (χ3v) is 2.52. The van der Waals surface area contributed by atoms with E-state index in [2.05, 4.69) is 0 Å². The number of halogens is 1. The molecule has 0 radical (unpaired) electrons. The Bertz CT molecular complexity index is 449. The molecule has 2 nitrogen and oxygen atoms in total. The van der Waals surface area contributed by atoms with Gasteiger partial charge in [-0.2, -0.15) is 0 Å². The SMILES string of the molecule is Cc1c(C(F)CN)ccc2cocc12. The second kappa shape index (κ2) is 3.42. The van der Waals surface area contributed by atoms with E-state index in [1.54, 1.807) is 18.6 Å². The van der Waals surface area contributed by atoms with Crippen LogP contribution < -0.4 is 5.73 Å². The summed E-state index contributed by atoms with van der Waals surface area (Å²) in [5.41, 5.74) is 6.86. The predicted molar refractivity (Wildman–Crippen MR) is 53.9 cm³/mol. The van der Waals surface area contributed by atoms with Crippen LogP contribution in [0.25, 0.3) is 10.8 Å². The summed E-state index contributed by atoms with van der Waals surface area (Å²) in [6.45, 7) is 1.90. The quantitative estimate of drug-likeness (QED) is 0.796. The van der Waals surface area contributed by atoms with Crippen molar-refractivity contribution in [3.05, 3.63) is 35.8 Å². The van der Waals surface area contributed by atoms with Crippen LogP contribution in [0.1, 0.15) is 17.3 Å². The molecule has 2 aromatic rings. The topological polar surface area (TPSA) is 39.2 Å². The minimum absolute atomic E-state index is 0.0181. The maximum Gasteiger partial charge on any atom is 0.138 e. The molecule has 0 amide bonds. The standard InChI is InChI=1S/C11H12FNO/c1-7-9(11(12)4-13)3-2-8-5-14-6-10(7)8/h2-3,5-6,11H,4,13H2,1H3. The fourth-order valence-electron chi connectivity index (χ4n) is 1.67. The molecule has 0 saturated heterocycles. The van der Waals surface area contributed by atoms with Crippen LogP contribution in [0.15, 0.2) is 29.1 Å². The van der Waals surface area contributed by atoms with Crippen molar-refractivity contribution in [2.45, 2.75) is 13.1 Å². The van der Waals surface area contributed by atoms with E-state index in [9.17, 15) is 4.39 Å². The maximum atomic E-state index is 13.4. The zero-order chi connectivity index (χ0) is 10.1. The van der Waals surface area contributed by atoms with E-state index in [0.29, 0.717) is 5.56 Å². The van der Waals surface area contributed by atoms with Gasteiger partial charge >= 0.3 is 0 Å². The fourth-order valence-corrected chi connectivity index (χ4v) is 1.67. The Morgan fingerprint density at radius 3 is 2.93 bits per heavy atom. The van der Waals surface area contributed by atoms with Gasteiger partial charge in [0.1, 0.15) is 6.17 Å². The molecular formula is C11H12FNO. The molecule has 1 heterocycles. The first kappa shape index (κ1) is 9.21. The summed E-state index contributed by atoms with van der Waals surface area (Å²) in [6, 6.07) is 3.62. The van der Waals surface area contributed by atoms with Crippen LogP contribution in [0.2, 0.25) is 0 Å². The first-order chi connectivity index (χ1) is 6.74. The van der Waals surface area contributed by atoms with E-state index < -0.39 is 6.17 Å². The van der Waals surface area contributed by atoms with E-state index >= 15 is 0 Å². The third-order valence-electron chi connectivity index (χ3n) is 2.52. The molecule has 0 spiro atoms.